The Labute approximate surface area is 408 Å². The van der Waals surface area contributed by atoms with Crippen molar-refractivity contribution in [3.63, 3.8) is 0 Å². The van der Waals surface area contributed by atoms with Crippen LogP contribution in [0, 0.1) is 11.3 Å². The number of benzene rings is 10. The van der Waals surface area contributed by atoms with E-state index in [1.165, 1.54) is 20.7 Å². The molecular weight excluding hydrogens is 867 g/mol. The van der Waals surface area contributed by atoms with Crippen molar-refractivity contribution in [2.75, 3.05) is 0 Å². The minimum atomic E-state index is -2.83. The van der Waals surface area contributed by atoms with Gasteiger partial charge in [0.05, 0.1) is 28.4 Å². The molecule has 2 heterocycles. The molecule has 70 heavy (non-hydrogen) atoms. The van der Waals surface area contributed by atoms with Crippen LogP contribution in [0.15, 0.2) is 261 Å². The van der Waals surface area contributed by atoms with Gasteiger partial charge in [-0.05, 0) is 85.5 Å². The van der Waals surface area contributed by atoms with Crippen LogP contribution >= 0.6 is 0 Å². The summed E-state index contributed by atoms with van der Waals surface area (Å²) in [6, 6.07) is 94.7. The fraction of sp³-hybridized carbons (Fsp3) is 0. The Morgan fingerprint density at radius 2 is 0.771 bits per heavy atom. The highest BCUT2D eigenvalue weighted by atomic mass is 28.3. The van der Waals surface area contributed by atoms with Crippen LogP contribution in [0.2, 0.25) is 0 Å². The van der Waals surface area contributed by atoms with Gasteiger partial charge in [0, 0.05) is 27.5 Å². The molecule has 10 aromatic carbocycles. The third-order valence-electron chi connectivity index (χ3n) is 13.4. The maximum absolute atomic E-state index is 9.75. The van der Waals surface area contributed by atoms with E-state index in [-0.39, 0.29) is 0 Å². The van der Waals surface area contributed by atoms with Gasteiger partial charge in [0.15, 0.2) is 25.5 Å². The molecular formula is C64H43N5Si. The van der Waals surface area contributed by atoms with Gasteiger partial charge in [0.25, 0.3) is 0 Å². The van der Waals surface area contributed by atoms with Crippen LogP contribution in [0.3, 0.4) is 0 Å². The molecule has 0 fully saturated rings. The molecule has 0 radical (unpaired) electrons. The molecule has 0 unspecified atom stereocenters. The Kier molecular flexibility index (Phi) is 10.9. The summed E-state index contributed by atoms with van der Waals surface area (Å²) in [5, 5.41) is 17.2. The van der Waals surface area contributed by atoms with Crippen LogP contribution in [-0.2, 0) is 0 Å². The first-order chi connectivity index (χ1) is 34.7. The average Bonchev–Trinajstić information content (AvgIpc) is 3.78. The molecule has 0 amide bonds. The summed E-state index contributed by atoms with van der Waals surface area (Å²) in [7, 11) is -2.83. The van der Waals surface area contributed by atoms with Gasteiger partial charge >= 0.3 is 0 Å². The van der Waals surface area contributed by atoms with Gasteiger partial charge in [0.1, 0.15) is 0 Å². The highest BCUT2D eigenvalue weighted by Crippen LogP contribution is 2.40. The van der Waals surface area contributed by atoms with Crippen LogP contribution in [0.5, 0.6) is 0 Å². The minimum Gasteiger partial charge on any atom is -0.309 e. The maximum Gasteiger partial charge on any atom is 0.179 e. The number of rotatable bonds is 10. The molecule has 2 aromatic heterocycles. The number of aromatic nitrogens is 4. The Bertz CT molecular complexity index is 3730. The first-order valence-corrected chi connectivity index (χ1v) is 25.5. The van der Waals surface area contributed by atoms with Crippen LogP contribution in [0.4, 0.5) is 0 Å². The number of para-hydroxylation sites is 1. The Morgan fingerprint density at radius 1 is 0.329 bits per heavy atom. The summed E-state index contributed by atoms with van der Waals surface area (Å²) in [5.74, 6) is 1.76. The molecule has 0 aliphatic rings. The molecule has 0 aliphatic carbocycles. The zero-order chi connectivity index (χ0) is 46.9. The number of nitriles is 1. The summed E-state index contributed by atoms with van der Waals surface area (Å²) in [5.41, 5.74) is 10.5. The van der Waals surface area contributed by atoms with Gasteiger partial charge in [-0.15, -0.1) is 0 Å². The summed E-state index contributed by atoms with van der Waals surface area (Å²) in [4.78, 5) is 15.8. The van der Waals surface area contributed by atoms with Crippen molar-refractivity contribution in [3.8, 4) is 68.2 Å². The zero-order valence-electron chi connectivity index (χ0n) is 38.1. The van der Waals surface area contributed by atoms with Crippen LogP contribution in [0.1, 0.15) is 5.56 Å². The second-order valence-corrected chi connectivity index (χ2v) is 21.3. The van der Waals surface area contributed by atoms with Crippen LogP contribution in [-0.4, -0.2) is 27.6 Å². The molecule has 0 spiro atoms. The molecule has 5 nitrogen and oxygen atoms in total. The SMILES string of the molecule is N#Cc1cccc(-c2ccc3c(c2)c2ccccc2n3-c2ccc(-c3cccc([Si](c4ccccc4)(c4ccccc4)c4ccccc4)c3)cc2-c2nc(-c3ccccc3)nc(-c3ccccc3)n2)c1. The molecule has 328 valence electrons. The number of fused-ring (bicyclic) bond motifs is 3. The molecule has 0 N–H and O–H groups in total. The molecule has 0 atom stereocenters. The number of nitrogens with zero attached hydrogens (tertiary/aromatic N) is 5. The van der Waals surface area contributed by atoms with Crippen molar-refractivity contribution >= 4 is 50.6 Å². The van der Waals surface area contributed by atoms with Gasteiger partial charge in [-0.1, -0.05) is 218 Å². The molecule has 12 rings (SSSR count). The normalized spacial score (nSPS) is 11.4. The summed E-state index contributed by atoms with van der Waals surface area (Å²) < 4.78 is 2.35. The lowest BCUT2D eigenvalue weighted by Gasteiger charge is -2.34. The molecule has 0 bridgehead atoms. The van der Waals surface area contributed by atoms with E-state index < -0.39 is 8.07 Å². The lowest BCUT2D eigenvalue weighted by molar-refractivity contribution is 1.06. The Balaban J connectivity index is 1.12. The molecule has 0 aliphatic heterocycles. The second-order valence-electron chi connectivity index (χ2n) is 17.5. The molecule has 0 saturated carbocycles. The van der Waals surface area contributed by atoms with Gasteiger partial charge in [-0.3, -0.25) is 0 Å². The standard InChI is InChI=1S/C64H43N5Si/c65-44-45-20-18-25-48(40-45)50-36-38-60-57(42-50)56-34-16-17-35-59(56)69(60)61-39-37-51(43-58(61)64-67-62(46-21-6-1-7-22-46)66-63(68-64)47-23-8-2-9-24-47)49-26-19-33-55(41-49)70(52-27-10-3-11-28-52,53-29-12-4-13-30-53)54-31-14-5-15-32-54/h1-43H. The average molecular weight is 910 g/mol. The molecule has 12 aromatic rings. The maximum atomic E-state index is 9.75. The first-order valence-electron chi connectivity index (χ1n) is 23.5. The molecule has 6 heteroatoms. The highest BCUT2D eigenvalue weighted by molar-refractivity contribution is 7.19. The van der Waals surface area contributed by atoms with E-state index in [4.69, 9.17) is 15.0 Å². The van der Waals surface area contributed by atoms with Gasteiger partial charge in [0.2, 0.25) is 0 Å². The van der Waals surface area contributed by atoms with Gasteiger partial charge in [-0.25, -0.2) is 15.0 Å². The third-order valence-corrected chi connectivity index (χ3v) is 18.2. The van der Waals surface area contributed by atoms with Gasteiger partial charge < -0.3 is 4.57 Å². The van der Waals surface area contributed by atoms with E-state index in [2.05, 4.69) is 217 Å². The summed E-state index contributed by atoms with van der Waals surface area (Å²) in [6.07, 6.45) is 0. The fourth-order valence-electron chi connectivity index (χ4n) is 10.2. The highest BCUT2D eigenvalue weighted by Gasteiger charge is 2.41. The van der Waals surface area contributed by atoms with Crippen LogP contribution < -0.4 is 20.7 Å². The topological polar surface area (TPSA) is 67.4 Å². The Hall–Kier alpha value is -9.28. The smallest absolute Gasteiger partial charge is 0.179 e. The fourth-order valence-corrected chi connectivity index (χ4v) is 15.0. The Morgan fingerprint density at radius 3 is 1.37 bits per heavy atom. The minimum absolute atomic E-state index is 0.568. The predicted octanol–water partition coefficient (Wildman–Crippen LogP) is 12.6. The van der Waals surface area contributed by atoms with Crippen molar-refractivity contribution in [1.29, 1.82) is 5.26 Å². The predicted molar refractivity (Wildman–Crippen MR) is 290 cm³/mol. The first kappa shape index (κ1) is 42.1. The van der Waals surface area contributed by atoms with Crippen molar-refractivity contribution in [1.82, 2.24) is 19.5 Å². The van der Waals surface area contributed by atoms with E-state index >= 15 is 0 Å². The third kappa shape index (κ3) is 7.48. The van der Waals surface area contributed by atoms with E-state index in [9.17, 15) is 5.26 Å². The summed E-state index contributed by atoms with van der Waals surface area (Å²) in [6.45, 7) is 0. The zero-order valence-corrected chi connectivity index (χ0v) is 39.1. The van der Waals surface area contributed by atoms with E-state index in [0.29, 0.717) is 23.0 Å². The van der Waals surface area contributed by atoms with Crippen LogP contribution in [0.25, 0.3) is 83.9 Å². The monoisotopic (exact) mass is 909 g/mol. The largest absolute Gasteiger partial charge is 0.309 e. The van der Waals surface area contributed by atoms with Crippen molar-refractivity contribution in [2.45, 2.75) is 0 Å². The molecule has 0 saturated heterocycles. The quantitative estimate of drug-likeness (QED) is 0.101. The van der Waals surface area contributed by atoms with Crippen molar-refractivity contribution in [3.05, 3.63) is 266 Å². The number of hydrogen-bond acceptors (Lipinski definition) is 4. The number of hydrogen-bond donors (Lipinski definition) is 0. The van der Waals surface area contributed by atoms with E-state index in [1.807, 2.05) is 54.6 Å². The van der Waals surface area contributed by atoms with Gasteiger partial charge in [-0.2, -0.15) is 5.26 Å². The van der Waals surface area contributed by atoms with Crippen molar-refractivity contribution < 1.29 is 0 Å². The summed E-state index contributed by atoms with van der Waals surface area (Å²) >= 11 is 0. The van der Waals surface area contributed by atoms with E-state index in [1.54, 1.807) is 0 Å². The van der Waals surface area contributed by atoms with Crippen molar-refractivity contribution in [2.24, 2.45) is 0 Å². The second kappa shape index (κ2) is 18.1. The lowest BCUT2D eigenvalue weighted by atomic mass is 10.0. The lowest BCUT2D eigenvalue weighted by Crippen LogP contribution is -2.74. The van der Waals surface area contributed by atoms with E-state index in [0.717, 1.165) is 66.4 Å².